The number of nitrogens with two attached hydrogens (primary N) is 1. The molecule has 0 unspecified atom stereocenters. The number of rotatable bonds is 0. The molecule has 1 aromatic carbocycles. The van der Waals surface area contributed by atoms with Gasteiger partial charge in [0.25, 0.3) is 0 Å². The largest absolute Gasteiger partial charge is 0.396 e. The number of aromatic nitrogens is 2. The van der Waals surface area contributed by atoms with E-state index in [1.54, 1.807) is 17.7 Å². The molecule has 2 N–H and O–H groups in total. The van der Waals surface area contributed by atoms with E-state index in [1.165, 1.54) is 6.07 Å². The molecule has 0 aliphatic carbocycles. The Labute approximate surface area is 75.0 Å². The maximum Gasteiger partial charge on any atom is 0.171 e. The Morgan fingerprint density at radius 3 is 2.85 bits per heavy atom. The third-order valence-corrected chi connectivity index (χ3v) is 2.23. The molecule has 4 heteroatoms. The van der Waals surface area contributed by atoms with Crippen molar-refractivity contribution in [3.63, 3.8) is 0 Å². The molecule has 3 nitrogen and oxygen atoms in total. The molecular formula is C9H10FN3. The van der Waals surface area contributed by atoms with Gasteiger partial charge in [0.1, 0.15) is 11.3 Å². The van der Waals surface area contributed by atoms with Crippen LogP contribution in [0.1, 0.15) is 5.82 Å². The highest BCUT2D eigenvalue weighted by Crippen LogP contribution is 2.22. The summed E-state index contributed by atoms with van der Waals surface area (Å²) >= 11 is 0. The van der Waals surface area contributed by atoms with Gasteiger partial charge in [0.15, 0.2) is 5.82 Å². The molecule has 2 aromatic rings. The summed E-state index contributed by atoms with van der Waals surface area (Å²) in [6.07, 6.45) is 0. The van der Waals surface area contributed by atoms with Crippen molar-refractivity contribution in [3.8, 4) is 0 Å². The Morgan fingerprint density at radius 2 is 2.15 bits per heavy atom. The molecule has 0 aliphatic heterocycles. The maximum absolute atomic E-state index is 13.5. The van der Waals surface area contributed by atoms with Gasteiger partial charge in [0, 0.05) is 7.05 Å². The summed E-state index contributed by atoms with van der Waals surface area (Å²) in [6, 6.07) is 3.25. The zero-order valence-corrected chi connectivity index (χ0v) is 7.50. The van der Waals surface area contributed by atoms with E-state index in [9.17, 15) is 4.39 Å². The number of hydrogen-bond acceptors (Lipinski definition) is 2. The van der Waals surface area contributed by atoms with Gasteiger partial charge in [-0.2, -0.15) is 0 Å². The highest BCUT2D eigenvalue weighted by Gasteiger charge is 2.10. The molecule has 0 saturated heterocycles. The minimum Gasteiger partial charge on any atom is -0.396 e. The van der Waals surface area contributed by atoms with Crippen molar-refractivity contribution in [3.05, 3.63) is 23.8 Å². The second kappa shape index (κ2) is 2.45. The van der Waals surface area contributed by atoms with Gasteiger partial charge in [-0.05, 0) is 19.1 Å². The van der Waals surface area contributed by atoms with Crippen molar-refractivity contribution in [2.45, 2.75) is 6.92 Å². The normalized spacial score (nSPS) is 11.0. The minimum absolute atomic E-state index is 0.163. The van der Waals surface area contributed by atoms with Crippen molar-refractivity contribution in [1.82, 2.24) is 9.55 Å². The molecule has 1 heterocycles. The third kappa shape index (κ3) is 0.983. The number of fused-ring (bicyclic) bond motifs is 1. The Bertz CT molecular complexity index is 473. The number of halogens is 1. The lowest BCUT2D eigenvalue weighted by atomic mass is 10.2. The van der Waals surface area contributed by atoms with Gasteiger partial charge < -0.3 is 10.3 Å². The van der Waals surface area contributed by atoms with Crippen molar-refractivity contribution in [1.29, 1.82) is 0 Å². The smallest absolute Gasteiger partial charge is 0.171 e. The van der Waals surface area contributed by atoms with Crippen molar-refractivity contribution in [2.24, 2.45) is 7.05 Å². The number of nitrogen functional groups attached to an aromatic ring is 1. The van der Waals surface area contributed by atoms with Crippen molar-refractivity contribution < 1.29 is 4.39 Å². The monoisotopic (exact) mass is 179 g/mol. The van der Waals surface area contributed by atoms with Gasteiger partial charge in [-0.3, -0.25) is 0 Å². The van der Waals surface area contributed by atoms with Crippen LogP contribution in [-0.4, -0.2) is 9.55 Å². The standard InChI is InChI=1S/C9H10FN3/c1-5-12-7-4-3-6(11)8(10)9(7)13(5)2/h3-4H,11H2,1-2H3. The lowest BCUT2D eigenvalue weighted by Gasteiger charge is -2.00. The van der Waals surface area contributed by atoms with Gasteiger partial charge in [-0.25, -0.2) is 9.37 Å². The fraction of sp³-hybridized carbons (Fsp3) is 0.222. The molecule has 13 heavy (non-hydrogen) atoms. The van der Waals surface area contributed by atoms with Crippen LogP contribution in [-0.2, 0) is 7.05 Å². The number of benzene rings is 1. The number of imidazole rings is 1. The lowest BCUT2D eigenvalue weighted by molar-refractivity contribution is 0.635. The molecule has 0 aliphatic rings. The first-order chi connectivity index (χ1) is 6.11. The maximum atomic E-state index is 13.5. The molecule has 68 valence electrons. The zero-order valence-electron chi connectivity index (χ0n) is 7.50. The van der Waals surface area contributed by atoms with Gasteiger partial charge in [-0.15, -0.1) is 0 Å². The second-order valence-electron chi connectivity index (χ2n) is 3.05. The highest BCUT2D eigenvalue weighted by molar-refractivity contribution is 5.80. The lowest BCUT2D eigenvalue weighted by Crippen LogP contribution is -1.96. The molecule has 0 saturated carbocycles. The molecule has 0 spiro atoms. The van der Waals surface area contributed by atoms with E-state index in [0.29, 0.717) is 11.0 Å². The number of hydrogen-bond donors (Lipinski definition) is 1. The summed E-state index contributed by atoms with van der Waals surface area (Å²) in [4.78, 5) is 4.18. The third-order valence-electron chi connectivity index (χ3n) is 2.23. The van der Waals surface area contributed by atoms with Crippen LogP contribution in [0.3, 0.4) is 0 Å². The van der Waals surface area contributed by atoms with E-state index in [-0.39, 0.29) is 11.5 Å². The van der Waals surface area contributed by atoms with Crippen LogP contribution in [0.4, 0.5) is 10.1 Å². The van der Waals surface area contributed by atoms with Crippen molar-refractivity contribution in [2.75, 3.05) is 5.73 Å². The number of nitrogens with zero attached hydrogens (tertiary/aromatic N) is 2. The molecule has 0 radical (unpaired) electrons. The molecular weight excluding hydrogens is 169 g/mol. The number of anilines is 1. The quantitative estimate of drug-likeness (QED) is 0.624. The van der Waals surface area contributed by atoms with E-state index >= 15 is 0 Å². The summed E-state index contributed by atoms with van der Waals surface area (Å²) in [6.45, 7) is 1.83. The predicted octanol–water partition coefficient (Wildman–Crippen LogP) is 1.60. The first-order valence-electron chi connectivity index (χ1n) is 3.98. The van der Waals surface area contributed by atoms with E-state index in [0.717, 1.165) is 5.82 Å². The van der Waals surface area contributed by atoms with E-state index < -0.39 is 0 Å². The van der Waals surface area contributed by atoms with E-state index in [2.05, 4.69) is 4.98 Å². The summed E-state index contributed by atoms with van der Waals surface area (Å²) in [5, 5.41) is 0. The molecule has 0 fully saturated rings. The van der Waals surface area contributed by atoms with E-state index in [4.69, 9.17) is 5.73 Å². The van der Waals surface area contributed by atoms with Crippen LogP contribution in [0.15, 0.2) is 12.1 Å². The molecule has 2 rings (SSSR count). The van der Waals surface area contributed by atoms with Gasteiger partial charge in [0.05, 0.1) is 11.2 Å². The predicted molar refractivity (Wildman–Crippen MR) is 49.8 cm³/mol. The van der Waals surface area contributed by atoms with Crippen LogP contribution >= 0.6 is 0 Å². The van der Waals surface area contributed by atoms with E-state index in [1.807, 2.05) is 6.92 Å². The topological polar surface area (TPSA) is 43.8 Å². The molecule has 0 amide bonds. The first-order valence-corrected chi connectivity index (χ1v) is 3.98. The Kier molecular flexibility index (Phi) is 1.52. The Morgan fingerprint density at radius 1 is 1.46 bits per heavy atom. The average molecular weight is 179 g/mol. The molecule has 1 aromatic heterocycles. The minimum atomic E-state index is -0.388. The van der Waals surface area contributed by atoms with Gasteiger partial charge >= 0.3 is 0 Å². The second-order valence-corrected chi connectivity index (χ2v) is 3.05. The van der Waals surface area contributed by atoms with Crippen molar-refractivity contribution >= 4 is 16.7 Å². The highest BCUT2D eigenvalue weighted by atomic mass is 19.1. The summed E-state index contributed by atoms with van der Waals surface area (Å²) in [7, 11) is 1.77. The van der Waals surface area contributed by atoms with Gasteiger partial charge in [-0.1, -0.05) is 0 Å². The Hall–Kier alpha value is -1.58. The summed E-state index contributed by atoms with van der Waals surface area (Å²) < 4.78 is 15.2. The fourth-order valence-corrected chi connectivity index (χ4v) is 1.39. The van der Waals surface area contributed by atoms with Gasteiger partial charge in [0.2, 0.25) is 0 Å². The summed E-state index contributed by atoms with van der Waals surface area (Å²) in [5.41, 5.74) is 6.73. The molecule has 0 atom stereocenters. The number of aryl methyl sites for hydroxylation is 2. The SMILES string of the molecule is Cc1nc2ccc(N)c(F)c2n1C. The average Bonchev–Trinajstić information content (AvgIpc) is 2.37. The van der Waals surface area contributed by atoms with Crippen LogP contribution in [0.5, 0.6) is 0 Å². The molecule has 0 bridgehead atoms. The Balaban J connectivity index is 2.97. The van der Waals surface area contributed by atoms with Crippen LogP contribution in [0.2, 0.25) is 0 Å². The van der Waals surface area contributed by atoms with Crippen LogP contribution < -0.4 is 5.73 Å². The van der Waals surface area contributed by atoms with Crippen LogP contribution in [0.25, 0.3) is 11.0 Å². The van der Waals surface area contributed by atoms with Crippen LogP contribution in [0, 0.1) is 12.7 Å². The zero-order chi connectivity index (χ0) is 9.59. The first kappa shape index (κ1) is 8.04. The summed E-state index contributed by atoms with van der Waals surface area (Å²) in [5.74, 6) is 0.389. The fourth-order valence-electron chi connectivity index (χ4n) is 1.39.